The summed E-state index contributed by atoms with van der Waals surface area (Å²) in [6, 6.07) is 10.3. The van der Waals surface area contributed by atoms with Crippen LogP contribution in [-0.2, 0) is 0 Å². The van der Waals surface area contributed by atoms with Crippen molar-refractivity contribution in [1.82, 2.24) is 4.90 Å². The molecule has 106 valence electrons. The van der Waals surface area contributed by atoms with Gasteiger partial charge in [0.1, 0.15) is 0 Å². The Morgan fingerprint density at radius 1 is 1.16 bits per heavy atom. The third-order valence-corrected chi connectivity index (χ3v) is 3.42. The highest BCUT2D eigenvalue weighted by atomic mass is 16.3. The summed E-state index contributed by atoms with van der Waals surface area (Å²) >= 11 is 0. The summed E-state index contributed by atoms with van der Waals surface area (Å²) in [5.74, 6) is 0. The molecule has 0 spiro atoms. The van der Waals surface area contributed by atoms with Crippen LogP contribution in [0.4, 0.5) is 0 Å². The number of hydrogen-bond donors (Lipinski definition) is 1. The summed E-state index contributed by atoms with van der Waals surface area (Å²) in [4.78, 5) is 2.19. The van der Waals surface area contributed by atoms with E-state index < -0.39 is 0 Å². The van der Waals surface area contributed by atoms with Crippen LogP contribution in [0, 0.1) is 0 Å². The molecule has 0 aromatic heterocycles. The summed E-state index contributed by atoms with van der Waals surface area (Å²) in [5.41, 5.74) is 1.17. The average Bonchev–Trinajstić information content (AvgIpc) is 2.45. The van der Waals surface area contributed by atoms with Crippen molar-refractivity contribution in [3.63, 3.8) is 0 Å². The minimum absolute atomic E-state index is 0.0847. The summed E-state index contributed by atoms with van der Waals surface area (Å²) in [5, 5.41) is 9.56. The highest BCUT2D eigenvalue weighted by Gasteiger charge is 2.14. The number of likely N-dealkylation sites (N-methyl/N-ethyl adjacent to an activating group) is 1. The van der Waals surface area contributed by atoms with Gasteiger partial charge in [0.25, 0.3) is 0 Å². The van der Waals surface area contributed by atoms with Crippen LogP contribution in [0.2, 0.25) is 0 Å². The molecular weight excluding hydrogens is 234 g/mol. The quantitative estimate of drug-likeness (QED) is 0.540. The van der Waals surface area contributed by atoms with Crippen molar-refractivity contribution in [2.45, 2.75) is 38.6 Å². The molecule has 0 saturated carbocycles. The van der Waals surface area contributed by atoms with Crippen molar-refractivity contribution in [3.8, 4) is 0 Å². The lowest BCUT2D eigenvalue weighted by molar-refractivity contribution is 0.158. The first-order valence-corrected chi connectivity index (χ1v) is 7.30. The van der Waals surface area contributed by atoms with Gasteiger partial charge in [-0.3, -0.25) is 4.90 Å². The van der Waals surface area contributed by atoms with E-state index >= 15 is 0 Å². The zero-order valence-electron chi connectivity index (χ0n) is 12.3. The molecule has 1 atom stereocenters. The maximum atomic E-state index is 9.56. The number of allylic oxidation sites excluding steroid dienone is 1. The number of unbranched alkanes of at least 4 members (excludes halogenated alkanes) is 3. The first-order valence-electron chi connectivity index (χ1n) is 7.30. The zero-order chi connectivity index (χ0) is 13.9. The van der Waals surface area contributed by atoms with E-state index in [0.29, 0.717) is 0 Å². The van der Waals surface area contributed by atoms with Gasteiger partial charge in [-0.2, -0.15) is 0 Å². The monoisotopic (exact) mass is 261 g/mol. The standard InChI is InChI=1S/C17H27NO/c1-3-4-5-6-7-11-14-18(2)17(15-19)16-12-9-8-10-13-16/h7-13,17,19H,3-6,14-15H2,1-2H3/b11-7+/t17-/m0/s1. The predicted molar refractivity (Wildman–Crippen MR) is 82.2 cm³/mol. The van der Waals surface area contributed by atoms with E-state index in [9.17, 15) is 5.11 Å². The van der Waals surface area contributed by atoms with Crippen LogP contribution < -0.4 is 0 Å². The Morgan fingerprint density at radius 3 is 2.53 bits per heavy atom. The molecule has 1 rings (SSSR count). The molecule has 0 fully saturated rings. The molecule has 1 aromatic carbocycles. The fourth-order valence-corrected chi connectivity index (χ4v) is 2.17. The molecule has 0 aliphatic rings. The van der Waals surface area contributed by atoms with Gasteiger partial charge in [0.05, 0.1) is 12.6 Å². The minimum Gasteiger partial charge on any atom is -0.394 e. The van der Waals surface area contributed by atoms with Gasteiger partial charge in [0.2, 0.25) is 0 Å². The Hall–Kier alpha value is -1.12. The number of aliphatic hydroxyl groups is 1. The Bertz CT molecular complexity index is 348. The van der Waals surface area contributed by atoms with Gasteiger partial charge >= 0.3 is 0 Å². The molecule has 0 unspecified atom stereocenters. The van der Waals surface area contributed by atoms with E-state index in [1.54, 1.807) is 0 Å². The SMILES string of the molecule is CCCCC/C=C/CN(C)[C@@H](CO)c1ccccc1. The molecule has 0 saturated heterocycles. The molecule has 0 heterocycles. The summed E-state index contributed by atoms with van der Waals surface area (Å²) in [7, 11) is 2.06. The molecule has 0 bridgehead atoms. The van der Waals surface area contributed by atoms with Crippen LogP contribution in [-0.4, -0.2) is 30.2 Å². The van der Waals surface area contributed by atoms with Gasteiger partial charge in [0, 0.05) is 6.54 Å². The molecule has 2 nitrogen and oxygen atoms in total. The molecule has 0 radical (unpaired) electrons. The first-order chi connectivity index (χ1) is 9.29. The number of benzene rings is 1. The second-order valence-corrected chi connectivity index (χ2v) is 5.02. The van der Waals surface area contributed by atoms with Crippen LogP contribution >= 0.6 is 0 Å². The number of rotatable bonds is 9. The number of hydrogen-bond acceptors (Lipinski definition) is 2. The second-order valence-electron chi connectivity index (χ2n) is 5.02. The molecule has 0 aliphatic carbocycles. The molecule has 19 heavy (non-hydrogen) atoms. The maximum Gasteiger partial charge on any atom is 0.0628 e. The normalized spacial score (nSPS) is 13.3. The number of aliphatic hydroxyl groups excluding tert-OH is 1. The fraction of sp³-hybridized carbons (Fsp3) is 0.529. The largest absolute Gasteiger partial charge is 0.394 e. The van der Waals surface area contributed by atoms with Crippen molar-refractivity contribution in [3.05, 3.63) is 48.0 Å². The second kappa shape index (κ2) is 9.76. The van der Waals surface area contributed by atoms with Crippen LogP contribution in [0.25, 0.3) is 0 Å². The third-order valence-electron chi connectivity index (χ3n) is 3.42. The van der Waals surface area contributed by atoms with Gasteiger partial charge in [-0.25, -0.2) is 0 Å². The van der Waals surface area contributed by atoms with Gasteiger partial charge in [0.15, 0.2) is 0 Å². The lowest BCUT2D eigenvalue weighted by Gasteiger charge is -2.25. The van der Waals surface area contributed by atoms with Crippen LogP contribution in [0.5, 0.6) is 0 Å². The topological polar surface area (TPSA) is 23.5 Å². The molecule has 0 aliphatic heterocycles. The van der Waals surface area contributed by atoms with Crippen molar-refractivity contribution >= 4 is 0 Å². The molecular formula is C17H27NO. The zero-order valence-corrected chi connectivity index (χ0v) is 12.3. The smallest absolute Gasteiger partial charge is 0.0628 e. The van der Waals surface area contributed by atoms with E-state index in [0.717, 1.165) is 13.0 Å². The van der Waals surface area contributed by atoms with E-state index in [1.807, 2.05) is 18.2 Å². The Labute approximate surface area is 117 Å². The molecule has 2 heteroatoms. The third kappa shape index (κ3) is 6.04. The summed E-state index contributed by atoms with van der Waals surface area (Å²) in [6.45, 7) is 3.26. The van der Waals surface area contributed by atoms with Gasteiger partial charge < -0.3 is 5.11 Å². The van der Waals surface area contributed by atoms with Gasteiger partial charge in [-0.05, 0) is 25.5 Å². The first kappa shape index (κ1) is 15.9. The molecule has 0 amide bonds. The Balaban J connectivity index is 2.40. The maximum absolute atomic E-state index is 9.56. The van der Waals surface area contributed by atoms with Crippen LogP contribution in [0.15, 0.2) is 42.5 Å². The lowest BCUT2D eigenvalue weighted by Crippen LogP contribution is -2.27. The summed E-state index contributed by atoms with van der Waals surface area (Å²) in [6.07, 6.45) is 9.49. The Kier molecular flexibility index (Phi) is 8.19. The average molecular weight is 261 g/mol. The summed E-state index contributed by atoms with van der Waals surface area (Å²) < 4.78 is 0. The van der Waals surface area contributed by atoms with E-state index in [1.165, 1.54) is 24.8 Å². The highest BCUT2D eigenvalue weighted by Crippen LogP contribution is 2.18. The Morgan fingerprint density at radius 2 is 1.89 bits per heavy atom. The van der Waals surface area contributed by atoms with Crippen LogP contribution in [0.1, 0.15) is 44.2 Å². The minimum atomic E-state index is 0.0847. The van der Waals surface area contributed by atoms with Gasteiger partial charge in [-0.1, -0.05) is 62.2 Å². The van der Waals surface area contributed by atoms with Crippen molar-refractivity contribution in [1.29, 1.82) is 0 Å². The molecule has 1 N–H and O–H groups in total. The van der Waals surface area contributed by atoms with Crippen molar-refractivity contribution < 1.29 is 5.11 Å². The molecule has 1 aromatic rings. The van der Waals surface area contributed by atoms with E-state index in [-0.39, 0.29) is 12.6 Å². The number of nitrogens with zero attached hydrogens (tertiary/aromatic N) is 1. The lowest BCUT2D eigenvalue weighted by atomic mass is 10.1. The highest BCUT2D eigenvalue weighted by molar-refractivity contribution is 5.19. The van der Waals surface area contributed by atoms with Gasteiger partial charge in [-0.15, -0.1) is 0 Å². The van der Waals surface area contributed by atoms with E-state index in [2.05, 4.69) is 43.2 Å². The predicted octanol–water partition coefficient (Wildman–Crippen LogP) is 3.79. The van der Waals surface area contributed by atoms with Crippen LogP contribution in [0.3, 0.4) is 0 Å². The fourth-order valence-electron chi connectivity index (χ4n) is 2.17. The van der Waals surface area contributed by atoms with Crippen molar-refractivity contribution in [2.24, 2.45) is 0 Å². The van der Waals surface area contributed by atoms with E-state index in [4.69, 9.17) is 0 Å². The van der Waals surface area contributed by atoms with Crippen molar-refractivity contribution in [2.75, 3.05) is 20.2 Å².